The van der Waals surface area contributed by atoms with Gasteiger partial charge < -0.3 is 15.2 Å². The van der Waals surface area contributed by atoms with E-state index in [2.05, 4.69) is 10.3 Å². The maximum atomic E-state index is 13.0. The van der Waals surface area contributed by atoms with Gasteiger partial charge >= 0.3 is 0 Å². The van der Waals surface area contributed by atoms with Crippen LogP contribution in [0.2, 0.25) is 0 Å². The first-order valence-corrected chi connectivity index (χ1v) is 10.5. The van der Waals surface area contributed by atoms with Crippen molar-refractivity contribution in [2.75, 3.05) is 38.0 Å². The van der Waals surface area contributed by atoms with Gasteiger partial charge in [-0.1, -0.05) is 18.2 Å². The summed E-state index contributed by atoms with van der Waals surface area (Å²) in [5.74, 6) is -0.248. The largest absolute Gasteiger partial charge is 0.360 e. The molecule has 1 aliphatic rings. The minimum atomic E-state index is -0.469. The molecule has 0 unspecified atom stereocenters. The normalized spacial score (nSPS) is 14.5. The van der Waals surface area contributed by atoms with Gasteiger partial charge in [-0.2, -0.15) is 0 Å². The van der Waals surface area contributed by atoms with Crippen LogP contribution in [-0.4, -0.2) is 64.2 Å². The van der Waals surface area contributed by atoms with E-state index in [0.717, 1.165) is 16.8 Å². The molecule has 4 rings (SSSR count). The Morgan fingerprint density at radius 2 is 1.78 bits per heavy atom. The van der Waals surface area contributed by atoms with Crippen LogP contribution in [0.25, 0.3) is 10.9 Å². The van der Waals surface area contributed by atoms with Crippen LogP contribution in [0.3, 0.4) is 0 Å². The van der Waals surface area contributed by atoms with E-state index >= 15 is 0 Å². The van der Waals surface area contributed by atoms with Crippen molar-refractivity contribution in [3.8, 4) is 0 Å². The van der Waals surface area contributed by atoms with E-state index in [1.165, 1.54) is 12.1 Å². The van der Waals surface area contributed by atoms with Gasteiger partial charge in [-0.05, 0) is 31.0 Å². The first kappa shape index (κ1) is 21.5. The lowest BCUT2D eigenvalue weighted by Gasteiger charge is -2.34. The fourth-order valence-corrected chi connectivity index (χ4v) is 4.07. The smallest absolute Gasteiger partial charge is 0.270 e. The Morgan fingerprint density at radius 1 is 1.09 bits per heavy atom. The monoisotopic (exact) mass is 435 g/mol. The number of carbonyl (C=O) groups excluding carboxylic acids is 2. The summed E-state index contributed by atoms with van der Waals surface area (Å²) in [5, 5.41) is 14.6. The van der Waals surface area contributed by atoms with Crippen LogP contribution in [0, 0.1) is 24.0 Å². The van der Waals surface area contributed by atoms with Crippen molar-refractivity contribution in [1.82, 2.24) is 14.8 Å². The number of aromatic nitrogens is 1. The van der Waals surface area contributed by atoms with Crippen LogP contribution in [0.1, 0.15) is 21.5 Å². The number of carbonyl (C=O) groups is 2. The van der Waals surface area contributed by atoms with Crippen LogP contribution in [0.15, 0.2) is 42.6 Å². The Kier molecular flexibility index (Phi) is 5.91. The molecule has 0 saturated carbocycles. The minimum Gasteiger partial charge on any atom is -0.360 e. The molecule has 3 aromatic rings. The third-order valence-electron chi connectivity index (χ3n) is 5.88. The number of para-hydroxylation sites is 1. The van der Waals surface area contributed by atoms with Crippen LogP contribution < -0.4 is 5.32 Å². The molecule has 0 spiro atoms. The zero-order valence-corrected chi connectivity index (χ0v) is 18.1. The molecule has 1 saturated heterocycles. The van der Waals surface area contributed by atoms with Gasteiger partial charge in [0.05, 0.1) is 17.0 Å². The second-order valence-electron chi connectivity index (χ2n) is 8.07. The van der Waals surface area contributed by atoms with Gasteiger partial charge in [-0.3, -0.25) is 24.6 Å². The molecule has 2 amide bonds. The summed E-state index contributed by atoms with van der Waals surface area (Å²) in [6.45, 7) is 6.31. The highest BCUT2D eigenvalue weighted by atomic mass is 16.6. The standard InChI is InChI=1S/C23H25N5O4/c1-15-4-3-5-16(2)22(15)25-21(29)14-26-8-10-27(11-9-26)23(30)19-13-24-20-7-6-17(28(31)32)12-18(19)20/h3-7,12-13,24H,8-11,14H2,1-2H3,(H,25,29). The van der Waals surface area contributed by atoms with Crippen LogP contribution in [-0.2, 0) is 4.79 Å². The van der Waals surface area contributed by atoms with Gasteiger partial charge in [-0.15, -0.1) is 0 Å². The molecule has 2 aromatic carbocycles. The summed E-state index contributed by atoms with van der Waals surface area (Å²) < 4.78 is 0. The predicted octanol–water partition coefficient (Wildman–Crippen LogP) is 3.09. The molecule has 9 nitrogen and oxygen atoms in total. The second-order valence-corrected chi connectivity index (χ2v) is 8.07. The second kappa shape index (κ2) is 8.80. The third kappa shape index (κ3) is 4.33. The van der Waals surface area contributed by atoms with Gasteiger partial charge in [0.25, 0.3) is 11.6 Å². The van der Waals surface area contributed by atoms with Crippen molar-refractivity contribution in [3.63, 3.8) is 0 Å². The maximum absolute atomic E-state index is 13.0. The summed E-state index contributed by atoms with van der Waals surface area (Å²) in [6, 6.07) is 10.3. The van der Waals surface area contributed by atoms with Gasteiger partial charge in [0.2, 0.25) is 5.91 Å². The predicted molar refractivity (Wildman–Crippen MR) is 122 cm³/mol. The molecule has 2 heterocycles. The highest BCUT2D eigenvalue weighted by molar-refractivity contribution is 6.07. The fourth-order valence-electron chi connectivity index (χ4n) is 4.07. The van der Waals surface area contributed by atoms with Crippen molar-refractivity contribution in [3.05, 3.63) is 69.4 Å². The number of nitrogens with zero attached hydrogens (tertiary/aromatic N) is 3. The van der Waals surface area contributed by atoms with Crippen molar-refractivity contribution < 1.29 is 14.5 Å². The van der Waals surface area contributed by atoms with Crippen LogP contribution in [0.4, 0.5) is 11.4 Å². The van der Waals surface area contributed by atoms with Crippen molar-refractivity contribution >= 4 is 34.1 Å². The Bertz CT molecular complexity index is 1170. The average molecular weight is 435 g/mol. The summed E-state index contributed by atoms with van der Waals surface area (Å²) in [4.78, 5) is 42.9. The average Bonchev–Trinajstić information content (AvgIpc) is 3.19. The number of nitrogens with one attached hydrogen (secondary N) is 2. The molecule has 32 heavy (non-hydrogen) atoms. The molecule has 1 aromatic heterocycles. The zero-order valence-electron chi connectivity index (χ0n) is 18.1. The fraction of sp³-hybridized carbons (Fsp3) is 0.304. The van der Waals surface area contributed by atoms with E-state index in [1.54, 1.807) is 17.2 Å². The Balaban J connectivity index is 1.37. The lowest BCUT2D eigenvalue weighted by atomic mass is 10.1. The topological polar surface area (TPSA) is 112 Å². The summed E-state index contributed by atoms with van der Waals surface area (Å²) >= 11 is 0. The first-order chi connectivity index (χ1) is 15.3. The zero-order chi connectivity index (χ0) is 22.8. The number of hydrogen-bond acceptors (Lipinski definition) is 5. The van der Waals surface area contributed by atoms with E-state index < -0.39 is 4.92 Å². The highest BCUT2D eigenvalue weighted by Crippen LogP contribution is 2.25. The molecule has 2 N–H and O–H groups in total. The molecule has 1 fully saturated rings. The molecular formula is C23H25N5O4. The van der Waals surface area contributed by atoms with Gasteiger partial charge in [0.1, 0.15) is 0 Å². The number of aromatic amines is 1. The molecule has 0 bridgehead atoms. The number of piperazine rings is 1. The summed E-state index contributed by atoms with van der Waals surface area (Å²) in [6.07, 6.45) is 1.60. The van der Waals surface area contributed by atoms with E-state index in [4.69, 9.17) is 0 Å². The van der Waals surface area contributed by atoms with E-state index in [0.29, 0.717) is 42.6 Å². The third-order valence-corrected chi connectivity index (χ3v) is 5.88. The number of nitro benzene ring substituents is 1. The quantitative estimate of drug-likeness (QED) is 0.473. The van der Waals surface area contributed by atoms with Crippen molar-refractivity contribution in [1.29, 1.82) is 0 Å². The number of non-ortho nitro benzene ring substituents is 1. The number of rotatable bonds is 5. The molecule has 0 radical (unpaired) electrons. The molecular weight excluding hydrogens is 410 g/mol. The maximum Gasteiger partial charge on any atom is 0.270 e. The summed E-state index contributed by atoms with van der Waals surface area (Å²) in [5.41, 5.74) is 3.94. The molecule has 9 heteroatoms. The number of anilines is 1. The molecule has 0 atom stereocenters. The number of benzene rings is 2. The Hall–Kier alpha value is -3.72. The Labute approximate surface area is 185 Å². The van der Waals surface area contributed by atoms with E-state index in [9.17, 15) is 19.7 Å². The van der Waals surface area contributed by atoms with E-state index in [-0.39, 0.29) is 24.0 Å². The van der Waals surface area contributed by atoms with Crippen molar-refractivity contribution in [2.45, 2.75) is 13.8 Å². The highest BCUT2D eigenvalue weighted by Gasteiger charge is 2.25. The van der Waals surface area contributed by atoms with Crippen LogP contribution >= 0.6 is 0 Å². The number of H-pyrrole nitrogens is 1. The number of hydrogen-bond donors (Lipinski definition) is 2. The number of amides is 2. The van der Waals surface area contributed by atoms with Crippen molar-refractivity contribution in [2.24, 2.45) is 0 Å². The summed E-state index contributed by atoms with van der Waals surface area (Å²) in [7, 11) is 0. The van der Waals surface area contributed by atoms with Crippen LogP contribution in [0.5, 0.6) is 0 Å². The SMILES string of the molecule is Cc1cccc(C)c1NC(=O)CN1CCN(C(=O)c2c[nH]c3ccc([N+](=O)[O-])cc23)CC1. The number of fused-ring (bicyclic) bond motifs is 1. The van der Waals surface area contributed by atoms with Gasteiger partial charge in [0, 0.05) is 61.1 Å². The van der Waals surface area contributed by atoms with Gasteiger partial charge in [-0.25, -0.2) is 0 Å². The molecule has 0 aliphatic carbocycles. The number of nitro groups is 1. The number of aryl methyl sites for hydroxylation is 2. The van der Waals surface area contributed by atoms with Gasteiger partial charge in [0.15, 0.2) is 0 Å². The molecule has 1 aliphatic heterocycles. The molecule has 166 valence electrons. The lowest BCUT2D eigenvalue weighted by molar-refractivity contribution is -0.384. The Morgan fingerprint density at radius 3 is 2.44 bits per heavy atom. The van der Waals surface area contributed by atoms with E-state index in [1.807, 2.05) is 36.9 Å². The first-order valence-electron chi connectivity index (χ1n) is 10.5. The lowest BCUT2D eigenvalue weighted by Crippen LogP contribution is -2.50. The minimum absolute atomic E-state index is 0.0501.